The van der Waals surface area contributed by atoms with Crippen LogP contribution in [0.4, 0.5) is 16.2 Å². The molecule has 96 valence electrons. The van der Waals surface area contributed by atoms with Crippen molar-refractivity contribution in [3.05, 3.63) is 36.9 Å². The van der Waals surface area contributed by atoms with Crippen LogP contribution in [0.2, 0.25) is 0 Å². The van der Waals surface area contributed by atoms with Gasteiger partial charge in [-0.15, -0.1) is 11.8 Å². The van der Waals surface area contributed by atoms with Gasteiger partial charge in [0.25, 0.3) is 0 Å². The van der Waals surface area contributed by atoms with Crippen LogP contribution in [0.1, 0.15) is 0 Å². The lowest BCUT2D eigenvalue weighted by Gasteiger charge is -2.17. The predicted molar refractivity (Wildman–Crippen MR) is 72.4 cm³/mol. The monoisotopic (exact) mass is 274 g/mol. The van der Waals surface area contributed by atoms with Gasteiger partial charge >= 0.3 is 6.03 Å². The highest BCUT2D eigenvalue weighted by Crippen LogP contribution is 2.33. The first-order chi connectivity index (χ1) is 9.22. The zero-order chi connectivity index (χ0) is 13.2. The van der Waals surface area contributed by atoms with Gasteiger partial charge in [-0.2, -0.15) is 0 Å². The topological polar surface area (TPSA) is 76.0 Å². The maximum absolute atomic E-state index is 11.8. The summed E-state index contributed by atoms with van der Waals surface area (Å²) >= 11 is 1.48. The molecule has 3 rings (SSSR count). The lowest BCUT2D eigenvalue weighted by molar-refractivity contribution is -0.113. The largest absolute Gasteiger partial charge is 0.331 e. The third-order valence-electron chi connectivity index (χ3n) is 2.60. The van der Waals surface area contributed by atoms with Crippen molar-refractivity contribution in [2.45, 2.75) is 4.90 Å². The molecule has 19 heavy (non-hydrogen) atoms. The van der Waals surface area contributed by atoms with E-state index in [1.165, 1.54) is 28.9 Å². The van der Waals surface area contributed by atoms with E-state index >= 15 is 0 Å². The number of hydrogen-bond donors (Lipinski definition) is 2. The molecule has 2 amide bonds. The van der Waals surface area contributed by atoms with E-state index in [1.54, 1.807) is 18.3 Å². The molecule has 7 heteroatoms. The minimum absolute atomic E-state index is 0.0319. The van der Waals surface area contributed by atoms with Gasteiger partial charge in [-0.3, -0.25) is 9.36 Å². The van der Waals surface area contributed by atoms with Gasteiger partial charge in [0.05, 0.1) is 11.4 Å². The molecule has 0 bridgehead atoms. The van der Waals surface area contributed by atoms with Crippen LogP contribution in [-0.2, 0) is 4.79 Å². The van der Waals surface area contributed by atoms with Crippen molar-refractivity contribution in [1.29, 1.82) is 0 Å². The molecule has 2 aromatic rings. The number of hydrogen-bond acceptors (Lipinski definition) is 4. The van der Waals surface area contributed by atoms with Crippen LogP contribution in [0, 0.1) is 0 Å². The molecule has 0 saturated heterocycles. The standard InChI is InChI=1S/C12H10N4O2S/c17-11-6-19-10-2-1-8(5-9(10)15-11)14-12(18)16-4-3-13-7-16/h1-5,7H,6H2,(H,14,18)(H,15,17). The number of fused-ring (bicyclic) bond motifs is 1. The summed E-state index contributed by atoms with van der Waals surface area (Å²) in [4.78, 5) is 27.9. The van der Waals surface area contributed by atoms with Crippen LogP contribution in [0.25, 0.3) is 0 Å². The van der Waals surface area contributed by atoms with E-state index < -0.39 is 0 Å². The molecule has 0 radical (unpaired) electrons. The number of benzene rings is 1. The van der Waals surface area contributed by atoms with Crippen molar-refractivity contribution in [3.63, 3.8) is 0 Å². The molecule has 0 fully saturated rings. The number of rotatable bonds is 1. The van der Waals surface area contributed by atoms with Crippen molar-refractivity contribution in [1.82, 2.24) is 9.55 Å². The Kier molecular flexibility index (Phi) is 2.96. The fourth-order valence-corrected chi connectivity index (χ4v) is 2.52. The van der Waals surface area contributed by atoms with Crippen molar-refractivity contribution in [2.75, 3.05) is 16.4 Å². The Morgan fingerprint density at radius 2 is 2.37 bits per heavy atom. The second-order valence-electron chi connectivity index (χ2n) is 3.95. The molecule has 0 spiro atoms. The quantitative estimate of drug-likeness (QED) is 0.834. The Labute approximate surface area is 113 Å². The molecule has 1 aliphatic heterocycles. The van der Waals surface area contributed by atoms with Gasteiger partial charge in [0.2, 0.25) is 5.91 Å². The molecule has 0 aliphatic carbocycles. The number of aromatic nitrogens is 2. The minimum atomic E-state index is -0.299. The number of thioether (sulfide) groups is 1. The van der Waals surface area contributed by atoms with E-state index in [9.17, 15) is 9.59 Å². The van der Waals surface area contributed by atoms with Gasteiger partial charge in [-0.1, -0.05) is 0 Å². The number of nitrogens with zero attached hydrogens (tertiary/aromatic N) is 2. The van der Waals surface area contributed by atoms with E-state index in [0.29, 0.717) is 11.4 Å². The fraction of sp³-hybridized carbons (Fsp3) is 0.0833. The molecule has 1 aliphatic rings. The van der Waals surface area contributed by atoms with Gasteiger partial charge in [0, 0.05) is 23.0 Å². The molecule has 2 heterocycles. The summed E-state index contributed by atoms with van der Waals surface area (Å²) in [6.45, 7) is 0. The Balaban J connectivity index is 1.81. The lowest BCUT2D eigenvalue weighted by atomic mass is 10.2. The SMILES string of the molecule is O=C1CSc2ccc(NC(=O)n3ccnc3)cc2N1. The van der Waals surface area contributed by atoms with E-state index in [4.69, 9.17) is 0 Å². The molecule has 0 saturated carbocycles. The van der Waals surface area contributed by atoms with Gasteiger partial charge in [-0.25, -0.2) is 9.78 Å². The van der Waals surface area contributed by atoms with Crippen molar-refractivity contribution in [3.8, 4) is 0 Å². The Hall–Kier alpha value is -2.28. The van der Waals surface area contributed by atoms with Gasteiger partial charge in [-0.05, 0) is 18.2 Å². The van der Waals surface area contributed by atoms with Gasteiger partial charge in [0.1, 0.15) is 6.33 Å². The highest BCUT2D eigenvalue weighted by atomic mass is 32.2. The van der Waals surface area contributed by atoms with Crippen LogP contribution in [0.3, 0.4) is 0 Å². The molecule has 0 atom stereocenters. The molecule has 2 N–H and O–H groups in total. The van der Waals surface area contributed by atoms with Crippen LogP contribution < -0.4 is 10.6 Å². The second-order valence-corrected chi connectivity index (χ2v) is 4.97. The highest BCUT2D eigenvalue weighted by molar-refractivity contribution is 8.00. The summed E-state index contributed by atoms with van der Waals surface area (Å²) in [7, 11) is 0. The Morgan fingerprint density at radius 1 is 1.47 bits per heavy atom. The Morgan fingerprint density at radius 3 is 3.16 bits per heavy atom. The first-order valence-electron chi connectivity index (χ1n) is 5.58. The summed E-state index contributed by atoms with van der Waals surface area (Å²) in [5, 5.41) is 5.51. The third kappa shape index (κ3) is 2.45. The van der Waals surface area contributed by atoms with Crippen molar-refractivity contribution in [2.24, 2.45) is 0 Å². The number of anilines is 2. The zero-order valence-electron chi connectivity index (χ0n) is 9.79. The number of carbonyl (C=O) groups excluding carboxylic acids is 2. The summed E-state index contributed by atoms with van der Waals surface area (Å²) in [6, 6.07) is 5.13. The maximum Gasteiger partial charge on any atom is 0.331 e. The normalized spacial score (nSPS) is 13.6. The molecule has 1 aromatic carbocycles. The average Bonchev–Trinajstić information content (AvgIpc) is 2.92. The van der Waals surface area contributed by atoms with Crippen LogP contribution >= 0.6 is 11.8 Å². The molecule has 1 aromatic heterocycles. The van der Waals surface area contributed by atoms with E-state index in [0.717, 1.165) is 10.6 Å². The number of amides is 2. The second kappa shape index (κ2) is 4.77. The first kappa shape index (κ1) is 11.8. The van der Waals surface area contributed by atoms with E-state index in [1.807, 2.05) is 6.07 Å². The predicted octanol–water partition coefficient (Wildman–Crippen LogP) is 2.01. The first-order valence-corrected chi connectivity index (χ1v) is 6.57. The average molecular weight is 274 g/mol. The molecular weight excluding hydrogens is 264 g/mol. The number of nitrogens with one attached hydrogen (secondary N) is 2. The maximum atomic E-state index is 11.8. The van der Waals surface area contributed by atoms with Crippen LogP contribution in [0.15, 0.2) is 41.8 Å². The zero-order valence-corrected chi connectivity index (χ0v) is 10.6. The van der Waals surface area contributed by atoms with E-state index in [2.05, 4.69) is 15.6 Å². The number of imidazole rings is 1. The summed E-state index contributed by atoms with van der Waals surface area (Å²) in [5.41, 5.74) is 1.35. The summed E-state index contributed by atoms with van der Waals surface area (Å²) in [6.07, 6.45) is 4.51. The molecular formula is C12H10N4O2S. The lowest BCUT2D eigenvalue weighted by Crippen LogP contribution is -2.20. The molecule has 0 unspecified atom stereocenters. The third-order valence-corrected chi connectivity index (χ3v) is 3.68. The Bertz CT molecular complexity index is 639. The smallest absolute Gasteiger partial charge is 0.324 e. The summed E-state index contributed by atoms with van der Waals surface area (Å²) < 4.78 is 1.34. The minimum Gasteiger partial charge on any atom is -0.324 e. The van der Waals surface area contributed by atoms with Crippen LogP contribution in [-0.4, -0.2) is 27.2 Å². The highest BCUT2D eigenvalue weighted by Gasteiger charge is 2.16. The number of carbonyl (C=O) groups is 2. The summed E-state index contributed by atoms with van der Waals surface area (Å²) in [5.74, 6) is 0.392. The van der Waals surface area contributed by atoms with Crippen molar-refractivity contribution >= 4 is 35.1 Å². The van der Waals surface area contributed by atoms with Gasteiger partial charge < -0.3 is 10.6 Å². The fourth-order valence-electron chi connectivity index (χ4n) is 1.73. The van der Waals surface area contributed by atoms with Gasteiger partial charge in [0.15, 0.2) is 0 Å². The molecule has 6 nitrogen and oxygen atoms in total. The van der Waals surface area contributed by atoms with Crippen LogP contribution in [0.5, 0.6) is 0 Å². The van der Waals surface area contributed by atoms with E-state index in [-0.39, 0.29) is 11.9 Å². The van der Waals surface area contributed by atoms with Crippen molar-refractivity contribution < 1.29 is 9.59 Å².